The van der Waals surface area contributed by atoms with Crippen molar-refractivity contribution >= 4 is 23.7 Å². The number of hydrazine groups is 1. The van der Waals surface area contributed by atoms with E-state index in [2.05, 4.69) is 16.0 Å². The summed E-state index contributed by atoms with van der Waals surface area (Å²) in [6, 6.07) is -0.385. The molecule has 1 aliphatic carbocycles. The second-order valence-electron chi connectivity index (χ2n) is 21.7. The number of ether oxygens (including phenoxy) is 8. The highest BCUT2D eigenvalue weighted by Gasteiger charge is 2.55. The van der Waals surface area contributed by atoms with Crippen LogP contribution >= 0.6 is 0 Å². The summed E-state index contributed by atoms with van der Waals surface area (Å²) in [6.07, 6.45) is -2.37. The standard InChI is InChI=1S/C51H92N4O15/c1-16-38-51(12,61)43(57)31(5)40(54-63-25-21-24-36-22-19-18-20-23-36)29(3)27-49(10,60)44(70-47-42(69-48(59)53-52-17-2)37(55(13)14)26-30(4)64-47)32(6)41(33(7)46(58)67-38)68-39-28-50(11,62-15)45(34(8)65-39)66-35(9)56/h29-34,36-39,41-45,47,52,57,60-61H,16-28H2,1-15H3,(H,53,59)/b54-40+/t29-,30-,31+,32+,33-,34+,37+,38-,39+,41+,42-,43-,44-,45+,47+,49?,50-,51-/m1/s1. The topological polar surface area (TPSA) is 235 Å². The lowest BCUT2D eigenvalue weighted by atomic mass is 9.73. The Bertz CT molecular complexity index is 1680. The number of hydrogen-bond acceptors (Lipinski definition) is 18. The highest BCUT2D eigenvalue weighted by molar-refractivity contribution is 5.88. The summed E-state index contributed by atoms with van der Waals surface area (Å²) in [7, 11) is 5.25. The van der Waals surface area contributed by atoms with Gasteiger partial charge in [-0.3, -0.25) is 15.0 Å². The van der Waals surface area contributed by atoms with Crippen LogP contribution in [0.25, 0.3) is 0 Å². The van der Waals surface area contributed by atoms with Gasteiger partial charge < -0.3 is 63.0 Å². The van der Waals surface area contributed by atoms with E-state index in [0.717, 1.165) is 12.8 Å². The van der Waals surface area contributed by atoms with Crippen molar-refractivity contribution in [2.75, 3.05) is 34.4 Å². The van der Waals surface area contributed by atoms with Gasteiger partial charge in [0.05, 0.1) is 53.8 Å². The van der Waals surface area contributed by atoms with Crippen molar-refractivity contribution < 1.29 is 72.4 Å². The van der Waals surface area contributed by atoms with Crippen LogP contribution in [0.4, 0.5) is 4.79 Å². The fourth-order valence-corrected chi connectivity index (χ4v) is 11.4. The second-order valence-corrected chi connectivity index (χ2v) is 21.7. The van der Waals surface area contributed by atoms with Gasteiger partial charge in [0.15, 0.2) is 24.8 Å². The monoisotopic (exact) mass is 1000 g/mol. The van der Waals surface area contributed by atoms with Gasteiger partial charge in [0.1, 0.15) is 23.9 Å². The van der Waals surface area contributed by atoms with Gasteiger partial charge in [-0.25, -0.2) is 10.2 Å². The molecular weight excluding hydrogens is 909 g/mol. The summed E-state index contributed by atoms with van der Waals surface area (Å²) in [4.78, 5) is 48.2. The van der Waals surface area contributed by atoms with Crippen molar-refractivity contribution in [3.63, 3.8) is 0 Å². The van der Waals surface area contributed by atoms with Gasteiger partial charge in [-0.15, -0.1) is 0 Å². The zero-order chi connectivity index (χ0) is 52.3. The Morgan fingerprint density at radius 2 is 1.57 bits per heavy atom. The lowest BCUT2D eigenvalue weighted by molar-refractivity contribution is -0.318. The highest BCUT2D eigenvalue weighted by atomic mass is 16.7. The average molecular weight is 1000 g/mol. The number of hydrogen-bond donors (Lipinski definition) is 5. The number of carbonyl (C=O) groups excluding carboxylic acids is 3. The predicted molar refractivity (Wildman–Crippen MR) is 261 cm³/mol. The zero-order valence-electron chi connectivity index (χ0n) is 45.1. The second kappa shape index (κ2) is 26.5. The summed E-state index contributed by atoms with van der Waals surface area (Å²) in [6.45, 7) is 21.2. The molecule has 4 rings (SSSR count). The van der Waals surface area contributed by atoms with Crippen molar-refractivity contribution in [1.29, 1.82) is 0 Å². The van der Waals surface area contributed by atoms with Gasteiger partial charge in [-0.2, -0.15) is 0 Å². The molecule has 3 heterocycles. The van der Waals surface area contributed by atoms with E-state index in [1.807, 2.05) is 39.8 Å². The third-order valence-electron chi connectivity index (χ3n) is 15.4. The number of likely N-dealkylation sites (N-methyl/N-ethyl adjacent to an activating group) is 1. The molecule has 4 aliphatic rings. The van der Waals surface area contributed by atoms with Crippen molar-refractivity contribution in [2.24, 2.45) is 34.7 Å². The number of amides is 1. The summed E-state index contributed by atoms with van der Waals surface area (Å²) < 4.78 is 50.9. The van der Waals surface area contributed by atoms with Crippen LogP contribution < -0.4 is 10.9 Å². The molecule has 0 aromatic carbocycles. The molecule has 406 valence electrons. The number of aliphatic hydroxyl groups is 3. The molecule has 1 unspecified atom stereocenters. The van der Waals surface area contributed by atoms with E-state index >= 15 is 0 Å². The van der Waals surface area contributed by atoms with Gasteiger partial charge in [0, 0.05) is 44.8 Å². The molecule has 19 heteroatoms. The van der Waals surface area contributed by atoms with Crippen LogP contribution in [-0.2, 0) is 52.3 Å². The van der Waals surface area contributed by atoms with E-state index < -0.39 is 114 Å². The Morgan fingerprint density at radius 3 is 2.17 bits per heavy atom. The molecule has 18 atom stereocenters. The Hall–Kier alpha value is -2.72. The van der Waals surface area contributed by atoms with E-state index in [-0.39, 0.29) is 31.4 Å². The maximum absolute atomic E-state index is 14.7. The van der Waals surface area contributed by atoms with Crippen molar-refractivity contribution in [1.82, 2.24) is 15.8 Å². The molecule has 19 nitrogen and oxygen atoms in total. The average Bonchev–Trinajstić information content (AvgIpc) is 3.29. The first-order valence-corrected chi connectivity index (χ1v) is 26.0. The van der Waals surface area contributed by atoms with Crippen molar-refractivity contribution in [2.45, 2.75) is 238 Å². The molecule has 1 saturated carbocycles. The number of aliphatic hydroxyl groups excluding tert-OH is 1. The summed E-state index contributed by atoms with van der Waals surface area (Å²) in [5.41, 5.74) is 0.843. The molecule has 0 bridgehead atoms. The minimum atomic E-state index is -1.97. The Kier molecular flexibility index (Phi) is 22.6. The summed E-state index contributed by atoms with van der Waals surface area (Å²) >= 11 is 0. The summed E-state index contributed by atoms with van der Waals surface area (Å²) in [5.74, 6) is -4.07. The smallest absolute Gasteiger partial charge is 0.422 e. The number of oxime groups is 1. The fourth-order valence-electron chi connectivity index (χ4n) is 11.4. The zero-order valence-corrected chi connectivity index (χ0v) is 45.1. The lowest BCUT2D eigenvalue weighted by Gasteiger charge is -2.49. The third kappa shape index (κ3) is 15.4. The van der Waals surface area contributed by atoms with Gasteiger partial charge in [-0.1, -0.05) is 71.9 Å². The number of nitrogens with one attached hydrogen (secondary N) is 2. The summed E-state index contributed by atoms with van der Waals surface area (Å²) in [5, 5.41) is 42.2. The van der Waals surface area contributed by atoms with E-state index in [4.69, 9.17) is 42.7 Å². The first-order valence-electron chi connectivity index (χ1n) is 26.0. The van der Waals surface area contributed by atoms with Crippen molar-refractivity contribution in [3.8, 4) is 0 Å². The van der Waals surface area contributed by atoms with Crippen molar-refractivity contribution in [3.05, 3.63) is 0 Å². The quantitative estimate of drug-likeness (QED) is 0.0534. The number of rotatable bonds is 16. The molecule has 5 N–H and O–H groups in total. The van der Waals surface area contributed by atoms with E-state index in [0.29, 0.717) is 31.2 Å². The normalized spacial score (nSPS) is 41.3. The number of esters is 2. The minimum absolute atomic E-state index is 0.0250. The molecule has 0 radical (unpaired) electrons. The van der Waals surface area contributed by atoms with E-state index in [9.17, 15) is 29.7 Å². The molecular formula is C51H92N4O15. The Labute approximate surface area is 418 Å². The number of carbonyl (C=O) groups is 3. The van der Waals surface area contributed by atoms with Crippen LogP contribution in [0.15, 0.2) is 5.16 Å². The van der Waals surface area contributed by atoms with E-state index in [1.165, 1.54) is 53.1 Å². The molecule has 3 aliphatic heterocycles. The largest absolute Gasteiger partial charge is 0.459 e. The maximum atomic E-state index is 14.7. The third-order valence-corrected chi connectivity index (χ3v) is 15.4. The number of methoxy groups -OCH3 is 1. The van der Waals surface area contributed by atoms with Crippen LogP contribution in [0, 0.1) is 29.6 Å². The maximum Gasteiger partial charge on any atom is 0.422 e. The van der Waals surface area contributed by atoms with Crippen LogP contribution in [0.3, 0.4) is 0 Å². The predicted octanol–water partition coefficient (Wildman–Crippen LogP) is 5.78. The lowest BCUT2D eigenvalue weighted by Crippen LogP contribution is -2.62. The first-order chi connectivity index (χ1) is 32.8. The Morgan fingerprint density at radius 1 is 0.900 bits per heavy atom. The van der Waals surface area contributed by atoms with Crippen LogP contribution in [0.2, 0.25) is 0 Å². The Balaban J connectivity index is 1.87. The minimum Gasteiger partial charge on any atom is -0.459 e. The first kappa shape index (κ1) is 59.8. The molecule has 70 heavy (non-hydrogen) atoms. The number of nitrogens with zero attached hydrogens (tertiary/aromatic N) is 2. The molecule has 0 aromatic rings. The number of cyclic esters (lactones) is 1. The van der Waals surface area contributed by atoms with Crippen LogP contribution in [-0.4, -0.2) is 163 Å². The SMILES string of the molecule is CCNNC(=O)O[C@H]1[C@H](O[C@@H]2[C@@H](C)[C@H](O[C@H]3C[C@@](C)(OC)[C@@H](OC(C)=O)[C@H](C)O3)[C@@H](C)C(=O)O[C@H](CC)[C@@](C)(O)[C@H](O)[C@@H](C)/C(=N/OCCCC3CCCCC3)[C@H](C)CC2(C)O)O[C@H](C)C[C@@H]1N(C)C. The molecule has 0 spiro atoms. The van der Waals surface area contributed by atoms with Gasteiger partial charge in [0.25, 0.3) is 0 Å². The molecule has 1 amide bonds. The van der Waals surface area contributed by atoms with E-state index in [1.54, 1.807) is 48.5 Å². The van der Waals surface area contributed by atoms with Gasteiger partial charge >= 0.3 is 18.0 Å². The molecule has 3 saturated heterocycles. The van der Waals surface area contributed by atoms with Crippen LogP contribution in [0.1, 0.15) is 154 Å². The highest BCUT2D eigenvalue weighted by Crippen LogP contribution is 2.42. The fraction of sp³-hybridized carbons (Fsp3) is 0.922. The van der Waals surface area contributed by atoms with Gasteiger partial charge in [-0.05, 0) is 93.7 Å². The van der Waals surface area contributed by atoms with Gasteiger partial charge in [0.2, 0.25) is 0 Å². The molecule has 4 fully saturated rings. The molecule has 0 aromatic heterocycles. The van der Waals surface area contributed by atoms with Crippen LogP contribution in [0.5, 0.6) is 0 Å².